The van der Waals surface area contributed by atoms with Gasteiger partial charge in [0, 0.05) is 5.03 Å². The average molecular weight is 305 g/mol. The van der Waals surface area contributed by atoms with Crippen molar-refractivity contribution in [1.82, 2.24) is 10.2 Å². The highest BCUT2D eigenvalue weighted by molar-refractivity contribution is 6.30. The Kier molecular flexibility index (Phi) is 3.49. The zero-order valence-corrected chi connectivity index (χ0v) is 12.4. The first-order valence-electron chi connectivity index (χ1n) is 7.10. The Bertz CT molecular complexity index is 628. The van der Waals surface area contributed by atoms with Crippen LogP contribution in [0.25, 0.3) is 0 Å². The van der Waals surface area contributed by atoms with Gasteiger partial charge in [-0.3, -0.25) is 9.69 Å². The van der Waals surface area contributed by atoms with Gasteiger partial charge >= 0.3 is 6.03 Å². The van der Waals surface area contributed by atoms with Crippen LogP contribution >= 0.6 is 11.6 Å². The summed E-state index contributed by atoms with van der Waals surface area (Å²) >= 11 is 5.78. The molecule has 0 radical (unpaired) electrons. The lowest BCUT2D eigenvalue weighted by Crippen LogP contribution is -2.44. The fraction of sp³-hybridized carbons (Fsp3) is 0.375. The maximum Gasteiger partial charge on any atom is 0.325 e. The van der Waals surface area contributed by atoms with Crippen LogP contribution in [-0.4, -0.2) is 23.4 Å². The lowest BCUT2D eigenvalue weighted by Gasteiger charge is -2.27. The summed E-state index contributed by atoms with van der Waals surface area (Å²) in [4.78, 5) is 26.3. The molecule has 21 heavy (non-hydrogen) atoms. The number of amides is 3. The third kappa shape index (κ3) is 2.23. The molecule has 5 heteroatoms. The van der Waals surface area contributed by atoms with Crippen LogP contribution < -0.4 is 5.32 Å². The molecule has 1 saturated heterocycles. The monoisotopic (exact) mass is 304 g/mol. The van der Waals surface area contributed by atoms with Crippen molar-refractivity contribution in [3.63, 3.8) is 0 Å². The molecule has 0 saturated carbocycles. The molecule has 1 atom stereocenters. The number of halogens is 1. The van der Waals surface area contributed by atoms with Crippen molar-refractivity contribution in [1.29, 1.82) is 0 Å². The number of hydrogen-bond acceptors (Lipinski definition) is 2. The third-order valence-electron chi connectivity index (χ3n) is 4.23. The fourth-order valence-corrected chi connectivity index (χ4v) is 3.41. The Balaban J connectivity index is 2.07. The van der Waals surface area contributed by atoms with Crippen molar-refractivity contribution in [3.05, 3.63) is 47.0 Å². The minimum Gasteiger partial charge on any atom is -0.319 e. The van der Waals surface area contributed by atoms with Gasteiger partial charge in [-0.25, -0.2) is 4.79 Å². The van der Waals surface area contributed by atoms with Crippen LogP contribution in [0.1, 0.15) is 30.4 Å². The van der Waals surface area contributed by atoms with Crippen molar-refractivity contribution >= 4 is 23.5 Å². The maximum absolute atomic E-state index is 12.9. The molecule has 0 bridgehead atoms. The molecule has 3 amide bonds. The van der Waals surface area contributed by atoms with Gasteiger partial charge in [-0.1, -0.05) is 42.4 Å². The number of carbonyl (C=O) groups excluding carboxylic acids is 2. The first kappa shape index (κ1) is 14.1. The predicted octanol–water partition coefficient (Wildman–Crippen LogP) is 2.91. The van der Waals surface area contributed by atoms with Crippen molar-refractivity contribution in [2.45, 2.75) is 31.2 Å². The van der Waals surface area contributed by atoms with Crippen molar-refractivity contribution in [3.8, 4) is 0 Å². The lowest BCUT2D eigenvalue weighted by atomic mass is 9.84. The first-order valence-corrected chi connectivity index (χ1v) is 7.48. The van der Waals surface area contributed by atoms with Gasteiger partial charge in [0.1, 0.15) is 5.54 Å². The Labute approximate surface area is 128 Å². The summed E-state index contributed by atoms with van der Waals surface area (Å²) in [6.45, 7) is 3.63. The number of imide groups is 1. The van der Waals surface area contributed by atoms with E-state index in [9.17, 15) is 9.59 Å². The van der Waals surface area contributed by atoms with Gasteiger partial charge in [0.25, 0.3) is 5.91 Å². The molecule has 1 N–H and O–H groups in total. The zero-order valence-electron chi connectivity index (χ0n) is 11.7. The van der Waals surface area contributed by atoms with E-state index in [0.717, 1.165) is 35.3 Å². The minimum absolute atomic E-state index is 0.0517. The third-order valence-corrected chi connectivity index (χ3v) is 4.35. The largest absolute Gasteiger partial charge is 0.325 e. The Morgan fingerprint density at radius 2 is 2.10 bits per heavy atom. The van der Waals surface area contributed by atoms with E-state index in [2.05, 4.69) is 11.9 Å². The standard InChI is InChI=1S/C16H17ClN2O2/c1-11(17)10-19-14(20)16(18-15(19)21)9-5-4-7-12-6-2-3-8-13(12)16/h2-3,6,8H,1,4-5,7,9-10H2,(H,18,21)/t16-/m1/s1. The quantitative estimate of drug-likeness (QED) is 0.854. The topological polar surface area (TPSA) is 49.4 Å². The molecule has 1 aliphatic carbocycles. The molecule has 4 nitrogen and oxygen atoms in total. The van der Waals surface area contributed by atoms with E-state index in [4.69, 9.17) is 11.6 Å². The van der Waals surface area contributed by atoms with Gasteiger partial charge in [0.15, 0.2) is 0 Å². The summed E-state index contributed by atoms with van der Waals surface area (Å²) in [5.41, 5.74) is 1.12. The van der Waals surface area contributed by atoms with Crippen LogP contribution in [0.15, 0.2) is 35.9 Å². The molecule has 1 fully saturated rings. The van der Waals surface area contributed by atoms with Crippen LogP contribution in [0.2, 0.25) is 0 Å². The number of rotatable bonds is 2. The number of nitrogens with one attached hydrogen (secondary N) is 1. The fourth-order valence-electron chi connectivity index (χ4n) is 3.29. The summed E-state index contributed by atoms with van der Waals surface area (Å²) < 4.78 is 0. The highest BCUT2D eigenvalue weighted by Crippen LogP contribution is 2.39. The molecule has 1 aromatic carbocycles. The molecule has 1 heterocycles. The Morgan fingerprint density at radius 1 is 1.33 bits per heavy atom. The van der Waals surface area contributed by atoms with Gasteiger partial charge in [-0.15, -0.1) is 0 Å². The average Bonchev–Trinajstić information content (AvgIpc) is 2.62. The van der Waals surface area contributed by atoms with Gasteiger partial charge in [-0.2, -0.15) is 0 Å². The molecule has 1 aliphatic heterocycles. The van der Waals surface area contributed by atoms with E-state index in [1.165, 1.54) is 0 Å². The van der Waals surface area contributed by atoms with Crippen molar-refractivity contribution in [2.75, 3.05) is 6.54 Å². The molecule has 3 rings (SSSR count). The number of hydrogen-bond donors (Lipinski definition) is 1. The van der Waals surface area contributed by atoms with E-state index in [1.807, 2.05) is 24.3 Å². The van der Waals surface area contributed by atoms with Gasteiger partial charge in [0.05, 0.1) is 6.54 Å². The molecule has 2 aliphatic rings. The second-order valence-corrected chi connectivity index (χ2v) is 6.14. The van der Waals surface area contributed by atoms with Crippen molar-refractivity contribution in [2.24, 2.45) is 0 Å². The Hall–Kier alpha value is -1.81. The Morgan fingerprint density at radius 3 is 2.86 bits per heavy atom. The van der Waals surface area contributed by atoms with E-state index in [-0.39, 0.29) is 17.5 Å². The highest BCUT2D eigenvalue weighted by Gasteiger charge is 2.53. The number of aryl methyl sites for hydroxylation is 1. The molecule has 0 unspecified atom stereocenters. The molecular formula is C16H17ClN2O2. The second-order valence-electron chi connectivity index (χ2n) is 5.61. The minimum atomic E-state index is -0.934. The van der Waals surface area contributed by atoms with E-state index in [0.29, 0.717) is 6.42 Å². The lowest BCUT2D eigenvalue weighted by molar-refractivity contribution is -0.131. The SMILES string of the molecule is C=C(Cl)CN1C(=O)N[C@@]2(CCCCc3ccccc32)C1=O. The smallest absolute Gasteiger partial charge is 0.319 e. The number of nitrogens with zero attached hydrogens (tertiary/aromatic N) is 1. The van der Waals surface area contributed by atoms with Gasteiger partial charge in [-0.05, 0) is 36.8 Å². The van der Waals surface area contributed by atoms with Crippen molar-refractivity contribution < 1.29 is 9.59 Å². The number of carbonyl (C=O) groups is 2. The summed E-state index contributed by atoms with van der Waals surface area (Å²) in [5, 5.41) is 3.18. The van der Waals surface area contributed by atoms with E-state index >= 15 is 0 Å². The van der Waals surface area contributed by atoms with Gasteiger partial charge in [0.2, 0.25) is 0 Å². The second kappa shape index (κ2) is 5.19. The highest BCUT2D eigenvalue weighted by atomic mass is 35.5. The van der Waals surface area contributed by atoms with E-state index < -0.39 is 11.6 Å². The summed E-state index contributed by atoms with van der Waals surface area (Å²) in [6.07, 6.45) is 3.48. The summed E-state index contributed by atoms with van der Waals surface area (Å²) in [5.74, 6) is -0.219. The number of urea groups is 1. The first-order chi connectivity index (χ1) is 10.0. The van der Waals surface area contributed by atoms with Gasteiger partial charge < -0.3 is 5.32 Å². The van der Waals surface area contributed by atoms with Crippen LogP contribution in [0.3, 0.4) is 0 Å². The molecule has 110 valence electrons. The maximum atomic E-state index is 12.9. The van der Waals surface area contributed by atoms with Crippen LogP contribution in [-0.2, 0) is 16.8 Å². The summed E-state index contributed by atoms with van der Waals surface area (Å²) in [7, 11) is 0. The molecular weight excluding hydrogens is 288 g/mol. The summed E-state index contributed by atoms with van der Waals surface area (Å²) in [6, 6.07) is 7.47. The number of fused-ring (bicyclic) bond motifs is 2. The molecule has 0 aromatic heterocycles. The van der Waals surface area contributed by atoms with Crippen LogP contribution in [0, 0.1) is 0 Å². The number of benzene rings is 1. The van der Waals surface area contributed by atoms with Crippen LogP contribution in [0.4, 0.5) is 4.79 Å². The molecule has 1 aromatic rings. The molecule has 1 spiro atoms. The van der Waals surface area contributed by atoms with E-state index in [1.54, 1.807) is 0 Å². The van der Waals surface area contributed by atoms with Crippen LogP contribution in [0.5, 0.6) is 0 Å². The predicted molar refractivity (Wildman–Crippen MR) is 80.9 cm³/mol. The zero-order chi connectivity index (χ0) is 15.0. The normalized spacial score (nSPS) is 24.7.